The van der Waals surface area contributed by atoms with E-state index in [0.717, 1.165) is 18.2 Å². The first-order valence-electron chi connectivity index (χ1n) is 4.87. The monoisotopic (exact) mass is 278 g/mol. The highest BCUT2D eigenvalue weighted by molar-refractivity contribution is 6.00. The average Bonchev–Trinajstić information content (AvgIpc) is 2.28. The predicted molar refractivity (Wildman–Crippen MR) is 58.1 cm³/mol. The summed E-state index contributed by atoms with van der Waals surface area (Å²) < 4.78 is 35.5. The van der Waals surface area contributed by atoms with E-state index in [1.165, 1.54) is 5.32 Å². The summed E-state index contributed by atoms with van der Waals surface area (Å²) in [6.07, 6.45) is -4.57. The van der Waals surface area contributed by atoms with Crippen LogP contribution in [0.25, 0.3) is 0 Å². The third kappa shape index (κ3) is 4.74. The van der Waals surface area contributed by atoms with E-state index in [0.29, 0.717) is 0 Å². The molecule has 19 heavy (non-hydrogen) atoms. The van der Waals surface area contributed by atoms with Crippen molar-refractivity contribution >= 4 is 17.7 Å². The molecule has 0 aliphatic rings. The molecule has 0 aromatic heterocycles. The molecule has 0 bridgehead atoms. The van der Waals surface area contributed by atoms with Crippen molar-refractivity contribution in [2.45, 2.75) is 6.18 Å². The Balaban J connectivity index is 2.77. The fourth-order valence-electron chi connectivity index (χ4n) is 1.17. The van der Waals surface area contributed by atoms with Crippen LogP contribution >= 0.6 is 0 Å². The molecule has 104 valence electrons. The van der Waals surface area contributed by atoms with Crippen molar-refractivity contribution in [3.05, 3.63) is 23.8 Å². The zero-order valence-corrected chi connectivity index (χ0v) is 9.28. The van der Waals surface area contributed by atoms with Crippen LogP contribution in [-0.2, 0) is 0 Å². The Kier molecular flexibility index (Phi) is 4.20. The van der Waals surface area contributed by atoms with E-state index < -0.39 is 30.3 Å². The summed E-state index contributed by atoms with van der Waals surface area (Å²) in [7, 11) is 0. The number of urea groups is 1. The van der Waals surface area contributed by atoms with Gasteiger partial charge < -0.3 is 20.8 Å². The van der Waals surface area contributed by atoms with E-state index in [9.17, 15) is 22.8 Å². The van der Waals surface area contributed by atoms with Crippen molar-refractivity contribution < 1.29 is 33.0 Å². The Labute approximate surface area is 104 Å². The van der Waals surface area contributed by atoms with Gasteiger partial charge in [-0.3, -0.25) is 0 Å². The van der Waals surface area contributed by atoms with E-state index in [1.54, 1.807) is 0 Å². The number of phenolic OH excluding ortho intramolecular Hbond substituents is 1. The summed E-state index contributed by atoms with van der Waals surface area (Å²) in [6, 6.07) is 1.81. The number of aromatic carboxylic acids is 1. The Morgan fingerprint density at radius 3 is 2.42 bits per heavy atom. The third-order valence-corrected chi connectivity index (χ3v) is 1.93. The lowest BCUT2D eigenvalue weighted by molar-refractivity contribution is -0.122. The van der Waals surface area contributed by atoms with Crippen molar-refractivity contribution in [3.8, 4) is 5.75 Å². The number of hydrogen-bond donors (Lipinski definition) is 4. The minimum atomic E-state index is -4.57. The lowest BCUT2D eigenvalue weighted by Crippen LogP contribution is -2.36. The van der Waals surface area contributed by atoms with E-state index in [4.69, 9.17) is 10.2 Å². The van der Waals surface area contributed by atoms with Crippen LogP contribution in [0.1, 0.15) is 10.4 Å². The van der Waals surface area contributed by atoms with Gasteiger partial charge >= 0.3 is 18.2 Å². The molecule has 6 nitrogen and oxygen atoms in total. The van der Waals surface area contributed by atoms with Crippen molar-refractivity contribution in [2.75, 3.05) is 11.9 Å². The number of aromatic hydroxyl groups is 1. The molecule has 0 saturated heterocycles. The Morgan fingerprint density at radius 1 is 1.26 bits per heavy atom. The maximum absolute atomic E-state index is 11.8. The second-order valence-electron chi connectivity index (χ2n) is 3.46. The molecule has 1 aromatic rings. The van der Waals surface area contributed by atoms with Gasteiger partial charge in [0, 0.05) is 0 Å². The molecule has 1 rings (SSSR count). The van der Waals surface area contributed by atoms with Gasteiger partial charge in [-0.2, -0.15) is 13.2 Å². The highest BCUT2D eigenvalue weighted by Gasteiger charge is 2.27. The van der Waals surface area contributed by atoms with Gasteiger partial charge in [-0.15, -0.1) is 0 Å². The Morgan fingerprint density at radius 2 is 1.89 bits per heavy atom. The fourth-order valence-corrected chi connectivity index (χ4v) is 1.17. The number of nitrogens with one attached hydrogen (secondary N) is 2. The molecule has 0 heterocycles. The van der Waals surface area contributed by atoms with E-state index >= 15 is 0 Å². The molecule has 4 N–H and O–H groups in total. The number of benzene rings is 1. The summed E-state index contributed by atoms with van der Waals surface area (Å²) in [6.45, 7) is -1.54. The molecule has 0 saturated carbocycles. The number of phenols is 1. The second-order valence-corrected chi connectivity index (χ2v) is 3.46. The zero-order valence-electron chi connectivity index (χ0n) is 9.28. The summed E-state index contributed by atoms with van der Waals surface area (Å²) in [5.41, 5.74) is -0.674. The van der Waals surface area contributed by atoms with E-state index in [-0.39, 0.29) is 11.4 Å². The number of carboxylic acids is 1. The van der Waals surface area contributed by atoms with Crippen molar-refractivity contribution in [2.24, 2.45) is 0 Å². The average molecular weight is 278 g/mol. The first-order chi connectivity index (χ1) is 8.69. The van der Waals surface area contributed by atoms with Gasteiger partial charge in [0.2, 0.25) is 0 Å². The summed E-state index contributed by atoms with van der Waals surface area (Å²) in [5, 5.41) is 21.4. The number of carbonyl (C=O) groups is 2. The van der Waals surface area contributed by atoms with Gasteiger partial charge in [0.25, 0.3) is 0 Å². The van der Waals surface area contributed by atoms with Gasteiger partial charge in [0.05, 0.1) is 11.3 Å². The molecule has 0 aliphatic carbocycles. The Bertz CT molecular complexity index is 502. The summed E-state index contributed by atoms with van der Waals surface area (Å²) >= 11 is 0. The minimum Gasteiger partial charge on any atom is -0.508 e. The highest BCUT2D eigenvalue weighted by Crippen LogP contribution is 2.21. The standard InChI is InChI=1S/C10H9F3N2O4/c11-10(12,13)4-14-9(19)15-7-2-1-5(16)3-6(7)8(17)18/h1-3,16H,4H2,(H,17,18)(H2,14,15,19). The number of alkyl halides is 3. The molecule has 0 unspecified atom stereocenters. The summed E-state index contributed by atoms with van der Waals surface area (Å²) in [5.74, 6) is -1.79. The molecule has 0 radical (unpaired) electrons. The number of amides is 2. The quantitative estimate of drug-likeness (QED) is 0.633. The topological polar surface area (TPSA) is 98.7 Å². The maximum Gasteiger partial charge on any atom is 0.405 e. The molecular formula is C10H9F3N2O4. The van der Waals surface area contributed by atoms with Crippen molar-refractivity contribution in [1.82, 2.24) is 5.32 Å². The van der Waals surface area contributed by atoms with Crippen molar-refractivity contribution in [1.29, 1.82) is 0 Å². The van der Waals surface area contributed by atoms with Crippen LogP contribution in [0, 0.1) is 0 Å². The smallest absolute Gasteiger partial charge is 0.405 e. The predicted octanol–water partition coefficient (Wildman–Crippen LogP) is 1.77. The maximum atomic E-state index is 11.8. The van der Waals surface area contributed by atoms with E-state index in [2.05, 4.69) is 0 Å². The first kappa shape index (κ1) is 14.6. The van der Waals surface area contributed by atoms with Gasteiger partial charge in [-0.25, -0.2) is 9.59 Å². The van der Waals surface area contributed by atoms with Crippen molar-refractivity contribution in [3.63, 3.8) is 0 Å². The van der Waals surface area contributed by atoms with Gasteiger partial charge in [-0.05, 0) is 18.2 Å². The van der Waals surface area contributed by atoms with Crippen LogP contribution in [-0.4, -0.2) is 34.9 Å². The molecule has 9 heteroatoms. The molecule has 1 aromatic carbocycles. The van der Waals surface area contributed by atoms with Gasteiger partial charge in [0.15, 0.2) is 0 Å². The highest BCUT2D eigenvalue weighted by atomic mass is 19.4. The molecular weight excluding hydrogens is 269 g/mol. The second kappa shape index (κ2) is 5.46. The number of hydrogen-bond acceptors (Lipinski definition) is 3. The molecule has 0 atom stereocenters. The number of carboxylic acid groups (broad SMARTS) is 1. The van der Waals surface area contributed by atoms with Gasteiger partial charge in [-0.1, -0.05) is 0 Å². The fraction of sp³-hybridized carbons (Fsp3) is 0.200. The lowest BCUT2D eigenvalue weighted by atomic mass is 10.1. The molecule has 0 fully saturated rings. The minimum absolute atomic E-state index is 0.232. The third-order valence-electron chi connectivity index (χ3n) is 1.93. The first-order valence-corrected chi connectivity index (χ1v) is 4.87. The normalized spacial score (nSPS) is 10.9. The lowest BCUT2D eigenvalue weighted by Gasteiger charge is -2.11. The van der Waals surface area contributed by atoms with Crippen LogP contribution in [0.5, 0.6) is 5.75 Å². The van der Waals surface area contributed by atoms with Crippen LogP contribution in [0.2, 0.25) is 0 Å². The molecule has 2 amide bonds. The zero-order chi connectivity index (χ0) is 14.6. The SMILES string of the molecule is O=C(NCC(F)(F)F)Nc1ccc(O)cc1C(=O)O. The number of halogens is 3. The molecule has 0 spiro atoms. The molecule has 0 aliphatic heterocycles. The van der Waals surface area contributed by atoms with Crippen LogP contribution < -0.4 is 10.6 Å². The van der Waals surface area contributed by atoms with Crippen LogP contribution in [0.4, 0.5) is 23.7 Å². The Hall–Kier alpha value is -2.45. The van der Waals surface area contributed by atoms with Gasteiger partial charge in [0.1, 0.15) is 12.3 Å². The largest absolute Gasteiger partial charge is 0.508 e. The van der Waals surface area contributed by atoms with E-state index in [1.807, 2.05) is 5.32 Å². The van der Waals surface area contributed by atoms with Crippen LogP contribution in [0.15, 0.2) is 18.2 Å². The number of carbonyl (C=O) groups excluding carboxylic acids is 1. The number of anilines is 1. The number of rotatable bonds is 3. The van der Waals surface area contributed by atoms with Crippen LogP contribution in [0.3, 0.4) is 0 Å². The summed E-state index contributed by atoms with van der Waals surface area (Å²) in [4.78, 5) is 22.0.